The van der Waals surface area contributed by atoms with Crippen LogP contribution in [0.5, 0.6) is 0 Å². The first-order valence-electron chi connectivity index (χ1n) is 5.90. The third-order valence-corrected chi connectivity index (χ3v) is 2.96. The summed E-state index contributed by atoms with van der Waals surface area (Å²) in [4.78, 5) is 2.43. The lowest BCUT2D eigenvalue weighted by Gasteiger charge is -2.31. The van der Waals surface area contributed by atoms with Gasteiger partial charge in [-0.3, -0.25) is 4.90 Å². The smallest absolute Gasteiger partial charge is 0.0674 e. The number of rotatable bonds is 3. The Morgan fingerprint density at radius 2 is 2.25 bits per heavy atom. The Hall–Kier alpha value is -0.900. The number of hydrogen-bond acceptors (Lipinski definition) is 3. The average molecular weight is 220 g/mol. The Balaban J connectivity index is 1.97. The van der Waals surface area contributed by atoms with Crippen molar-refractivity contribution in [3.8, 4) is 0 Å². The molecule has 1 aromatic carbocycles. The van der Waals surface area contributed by atoms with Crippen LogP contribution in [0, 0.1) is 0 Å². The summed E-state index contributed by atoms with van der Waals surface area (Å²) in [7, 11) is 0. The van der Waals surface area contributed by atoms with Crippen LogP contribution in [0.15, 0.2) is 24.3 Å². The van der Waals surface area contributed by atoms with E-state index >= 15 is 0 Å². The molecule has 3 nitrogen and oxygen atoms in total. The Kier molecular flexibility index (Phi) is 3.93. The third kappa shape index (κ3) is 3.04. The summed E-state index contributed by atoms with van der Waals surface area (Å²) >= 11 is 0. The number of hydrogen-bond donors (Lipinski definition) is 1. The Morgan fingerprint density at radius 1 is 1.44 bits per heavy atom. The quantitative estimate of drug-likeness (QED) is 0.836. The Morgan fingerprint density at radius 3 is 3.00 bits per heavy atom. The Bertz CT molecular complexity index is 340. The number of morpholine rings is 1. The molecule has 1 saturated heterocycles. The fourth-order valence-electron chi connectivity index (χ4n) is 2.15. The van der Waals surface area contributed by atoms with E-state index in [-0.39, 0.29) is 0 Å². The van der Waals surface area contributed by atoms with Crippen LogP contribution >= 0.6 is 0 Å². The molecule has 1 aliphatic rings. The maximum atomic E-state index is 5.64. The van der Waals surface area contributed by atoms with Gasteiger partial charge in [-0.25, -0.2) is 0 Å². The summed E-state index contributed by atoms with van der Waals surface area (Å²) in [6.07, 6.45) is 0.353. The van der Waals surface area contributed by atoms with E-state index in [1.165, 1.54) is 11.1 Å². The van der Waals surface area contributed by atoms with Gasteiger partial charge in [0.05, 0.1) is 12.7 Å². The van der Waals surface area contributed by atoms with Gasteiger partial charge < -0.3 is 10.5 Å². The lowest BCUT2D eigenvalue weighted by atomic mass is 10.1. The number of nitrogens with two attached hydrogens (primary N) is 1. The van der Waals surface area contributed by atoms with Gasteiger partial charge in [0, 0.05) is 26.2 Å². The largest absolute Gasteiger partial charge is 0.376 e. The van der Waals surface area contributed by atoms with Gasteiger partial charge >= 0.3 is 0 Å². The normalized spacial score (nSPS) is 22.2. The van der Waals surface area contributed by atoms with Gasteiger partial charge in [-0.05, 0) is 18.1 Å². The molecule has 0 bridgehead atoms. The van der Waals surface area contributed by atoms with Gasteiger partial charge in [-0.1, -0.05) is 24.3 Å². The lowest BCUT2D eigenvalue weighted by molar-refractivity contribution is -0.0212. The zero-order chi connectivity index (χ0) is 11.4. The highest BCUT2D eigenvalue weighted by Gasteiger charge is 2.16. The molecule has 1 aromatic rings. The lowest BCUT2D eigenvalue weighted by Crippen LogP contribution is -2.40. The van der Waals surface area contributed by atoms with Crippen molar-refractivity contribution in [3.63, 3.8) is 0 Å². The molecule has 1 heterocycles. The van der Waals surface area contributed by atoms with Crippen LogP contribution in [-0.4, -0.2) is 30.7 Å². The first-order valence-corrected chi connectivity index (χ1v) is 5.90. The fraction of sp³-hybridized carbons (Fsp3) is 0.538. The van der Waals surface area contributed by atoms with Crippen molar-refractivity contribution in [2.24, 2.45) is 5.73 Å². The summed E-state index contributed by atoms with van der Waals surface area (Å²) < 4.78 is 5.53. The van der Waals surface area contributed by atoms with Crippen molar-refractivity contribution >= 4 is 0 Å². The van der Waals surface area contributed by atoms with E-state index in [4.69, 9.17) is 10.5 Å². The monoisotopic (exact) mass is 220 g/mol. The SMILES string of the molecule is C[C@H]1CN(Cc2cccc(CN)c2)CCO1. The molecule has 0 saturated carbocycles. The Labute approximate surface area is 97.2 Å². The predicted molar refractivity (Wildman–Crippen MR) is 65.0 cm³/mol. The van der Waals surface area contributed by atoms with Gasteiger partial charge in [0.15, 0.2) is 0 Å². The van der Waals surface area contributed by atoms with E-state index < -0.39 is 0 Å². The summed E-state index contributed by atoms with van der Waals surface area (Å²) in [5, 5.41) is 0. The maximum Gasteiger partial charge on any atom is 0.0674 e. The summed E-state index contributed by atoms with van der Waals surface area (Å²) in [5.74, 6) is 0. The molecule has 88 valence electrons. The molecular formula is C13H20N2O. The second-order valence-corrected chi connectivity index (χ2v) is 4.44. The van der Waals surface area contributed by atoms with Crippen LogP contribution in [0.1, 0.15) is 18.1 Å². The minimum atomic E-state index is 0.353. The van der Waals surface area contributed by atoms with Gasteiger partial charge in [0.1, 0.15) is 0 Å². The molecule has 1 aliphatic heterocycles. The summed E-state index contributed by atoms with van der Waals surface area (Å²) in [6, 6.07) is 8.52. The molecule has 0 radical (unpaired) electrons. The summed E-state index contributed by atoms with van der Waals surface area (Å²) in [5.41, 5.74) is 8.19. The molecule has 0 aliphatic carbocycles. The molecule has 1 fully saturated rings. The maximum absolute atomic E-state index is 5.64. The molecule has 0 aromatic heterocycles. The van der Waals surface area contributed by atoms with Crippen molar-refractivity contribution in [2.45, 2.75) is 26.1 Å². The number of nitrogens with zero attached hydrogens (tertiary/aromatic N) is 1. The van der Waals surface area contributed by atoms with E-state index in [1.807, 2.05) is 0 Å². The molecule has 3 heteroatoms. The molecule has 2 rings (SSSR count). The van der Waals surface area contributed by atoms with Crippen LogP contribution in [0.25, 0.3) is 0 Å². The van der Waals surface area contributed by atoms with Gasteiger partial charge in [-0.15, -0.1) is 0 Å². The third-order valence-electron chi connectivity index (χ3n) is 2.96. The first-order chi connectivity index (χ1) is 7.78. The van der Waals surface area contributed by atoms with Crippen LogP contribution in [-0.2, 0) is 17.8 Å². The van der Waals surface area contributed by atoms with E-state index in [1.54, 1.807) is 0 Å². The van der Waals surface area contributed by atoms with Crippen molar-refractivity contribution < 1.29 is 4.74 Å². The zero-order valence-corrected chi connectivity index (χ0v) is 9.86. The van der Waals surface area contributed by atoms with Crippen LogP contribution in [0.3, 0.4) is 0 Å². The molecule has 0 spiro atoms. The standard InChI is InChI=1S/C13H20N2O/c1-11-9-15(5-6-16-11)10-13-4-2-3-12(7-13)8-14/h2-4,7,11H,5-6,8-10,14H2,1H3/t11-/m0/s1. The molecule has 2 N–H and O–H groups in total. The van der Waals surface area contributed by atoms with Crippen molar-refractivity contribution in [3.05, 3.63) is 35.4 Å². The van der Waals surface area contributed by atoms with Crippen molar-refractivity contribution in [1.29, 1.82) is 0 Å². The summed E-state index contributed by atoms with van der Waals surface area (Å²) in [6.45, 7) is 6.64. The topological polar surface area (TPSA) is 38.5 Å². The van der Waals surface area contributed by atoms with Crippen LogP contribution in [0.2, 0.25) is 0 Å². The fourth-order valence-corrected chi connectivity index (χ4v) is 2.15. The second-order valence-electron chi connectivity index (χ2n) is 4.44. The zero-order valence-electron chi connectivity index (χ0n) is 9.86. The van der Waals surface area contributed by atoms with E-state index in [2.05, 4.69) is 36.1 Å². The molecule has 1 atom stereocenters. The number of ether oxygens (including phenoxy) is 1. The van der Waals surface area contributed by atoms with Gasteiger partial charge in [-0.2, -0.15) is 0 Å². The highest BCUT2D eigenvalue weighted by molar-refractivity contribution is 5.23. The van der Waals surface area contributed by atoms with Crippen molar-refractivity contribution in [1.82, 2.24) is 4.90 Å². The number of benzene rings is 1. The first kappa shape index (κ1) is 11.6. The van der Waals surface area contributed by atoms with E-state index in [0.29, 0.717) is 12.6 Å². The minimum Gasteiger partial charge on any atom is -0.376 e. The van der Waals surface area contributed by atoms with E-state index in [9.17, 15) is 0 Å². The van der Waals surface area contributed by atoms with Gasteiger partial charge in [0.25, 0.3) is 0 Å². The predicted octanol–water partition coefficient (Wildman–Crippen LogP) is 1.37. The van der Waals surface area contributed by atoms with Crippen LogP contribution < -0.4 is 5.73 Å². The van der Waals surface area contributed by atoms with E-state index in [0.717, 1.165) is 26.2 Å². The molecule has 0 unspecified atom stereocenters. The second kappa shape index (κ2) is 5.43. The molecule has 0 amide bonds. The highest BCUT2D eigenvalue weighted by atomic mass is 16.5. The molecular weight excluding hydrogens is 200 g/mol. The molecule has 16 heavy (non-hydrogen) atoms. The average Bonchev–Trinajstić information content (AvgIpc) is 2.29. The minimum absolute atomic E-state index is 0.353. The van der Waals surface area contributed by atoms with Gasteiger partial charge in [0.2, 0.25) is 0 Å². The highest BCUT2D eigenvalue weighted by Crippen LogP contribution is 2.11. The van der Waals surface area contributed by atoms with Crippen LogP contribution in [0.4, 0.5) is 0 Å². The van der Waals surface area contributed by atoms with Crippen molar-refractivity contribution in [2.75, 3.05) is 19.7 Å².